The fourth-order valence-electron chi connectivity index (χ4n) is 2.42. The van der Waals surface area contributed by atoms with Crippen LogP contribution in [0.3, 0.4) is 0 Å². The summed E-state index contributed by atoms with van der Waals surface area (Å²) in [6.45, 7) is 1.90. The molecule has 1 aliphatic heterocycles. The maximum Gasteiger partial charge on any atom is 0.240 e. The van der Waals surface area contributed by atoms with Crippen molar-refractivity contribution in [3.63, 3.8) is 0 Å². The monoisotopic (exact) mass is 311 g/mol. The van der Waals surface area contributed by atoms with Crippen LogP contribution in [0.2, 0.25) is 0 Å². The summed E-state index contributed by atoms with van der Waals surface area (Å²) < 4.78 is 25.7. The lowest BCUT2D eigenvalue weighted by molar-refractivity contribution is -0.117. The standard InChI is InChI=1S/C14H21N3O3S/c1-15-21(19,20)13-4-2-3-12(10-13)17-14(18)9-11-5-7-16-8-6-11/h2-4,10-11,15-16H,5-9H2,1H3,(H,17,18). The van der Waals surface area contributed by atoms with Crippen molar-refractivity contribution >= 4 is 21.6 Å². The number of anilines is 1. The Kier molecular flexibility index (Phi) is 5.33. The molecule has 0 bridgehead atoms. The number of sulfonamides is 1. The lowest BCUT2D eigenvalue weighted by Crippen LogP contribution is -2.30. The van der Waals surface area contributed by atoms with E-state index >= 15 is 0 Å². The largest absolute Gasteiger partial charge is 0.326 e. The van der Waals surface area contributed by atoms with Crippen LogP contribution in [0.1, 0.15) is 19.3 Å². The number of nitrogens with one attached hydrogen (secondary N) is 3. The Bertz CT molecular complexity index is 595. The Hall–Kier alpha value is -1.44. The van der Waals surface area contributed by atoms with Crippen LogP contribution in [0.15, 0.2) is 29.2 Å². The van der Waals surface area contributed by atoms with Gasteiger partial charge in [0.25, 0.3) is 0 Å². The van der Waals surface area contributed by atoms with Gasteiger partial charge in [-0.3, -0.25) is 4.79 Å². The molecule has 0 atom stereocenters. The second kappa shape index (κ2) is 7.02. The highest BCUT2D eigenvalue weighted by Gasteiger charge is 2.17. The Balaban J connectivity index is 1.99. The van der Waals surface area contributed by atoms with Crippen LogP contribution in [0.25, 0.3) is 0 Å². The lowest BCUT2D eigenvalue weighted by atomic mass is 9.94. The number of rotatable bonds is 5. The maximum absolute atomic E-state index is 12.0. The van der Waals surface area contributed by atoms with Gasteiger partial charge in [0.1, 0.15) is 0 Å². The molecular formula is C14H21N3O3S. The van der Waals surface area contributed by atoms with Crippen LogP contribution in [0, 0.1) is 5.92 Å². The van der Waals surface area contributed by atoms with Gasteiger partial charge in [-0.2, -0.15) is 0 Å². The normalized spacial score (nSPS) is 16.6. The van der Waals surface area contributed by atoms with Crippen molar-refractivity contribution in [1.29, 1.82) is 0 Å². The van der Waals surface area contributed by atoms with E-state index in [0.717, 1.165) is 25.9 Å². The summed E-state index contributed by atoms with van der Waals surface area (Å²) in [5.41, 5.74) is 0.505. The van der Waals surface area contributed by atoms with E-state index in [9.17, 15) is 13.2 Å². The molecule has 0 saturated carbocycles. The fourth-order valence-corrected chi connectivity index (χ4v) is 3.19. The third kappa shape index (κ3) is 4.52. The van der Waals surface area contributed by atoms with Gasteiger partial charge in [-0.25, -0.2) is 13.1 Å². The molecule has 21 heavy (non-hydrogen) atoms. The van der Waals surface area contributed by atoms with Crippen molar-refractivity contribution in [2.24, 2.45) is 5.92 Å². The van der Waals surface area contributed by atoms with Crippen molar-refractivity contribution in [3.05, 3.63) is 24.3 Å². The van der Waals surface area contributed by atoms with Crippen LogP contribution in [-0.2, 0) is 14.8 Å². The third-order valence-corrected chi connectivity index (χ3v) is 5.04. The van der Waals surface area contributed by atoms with Crippen LogP contribution in [0.4, 0.5) is 5.69 Å². The minimum atomic E-state index is -3.49. The van der Waals surface area contributed by atoms with Gasteiger partial charge in [-0.15, -0.1) is 0 Å². The smallest absolute Gasteiger partial charge is 0.240 e. The Morgan fingerprint density at radius 1 is 1.33 bits per heavy atom. The number of benzene rings is 1. The van der Waals surface area contributed by atoms with Crippen molar-refractivity contribution in [2.45, 2.75) is 24.2 Å². The second-order valence-electron chi connectivity index (χ2n) is 5.18. The second-order valence-corrected chi connectivity index (χ2v) is 7.07. The highest BCUT2D eigenvalue weighted by Crippen LogP contribution is 2.19. The molecule has 3 N–H and O–H groups in total. The molecule has 1 aromatic rings. The Morgan fingerprint density at radius 2 is 2.05 bits per heavy atom. The minimum Gasteiger partial charge on any atom is -0.326 e. The molecule has 1 amide bonds. The molecule has 1 aromatic carbocycles. The van der Waals surface area contributed by atoms with Crippen LogP contribution in [0.5, 0.6) is 0 Å². The molecule has 6 nitrogen and oxygen atoms in total. The van der Waals surface area contributed by atoms with Gasteiger partial charge in [0, 0.05) is 12.1 Å². The first-order valence-corrected chi connectivity index (χ1v) is 8.54. The molecule has 0 spiro atoms. The van der Waals surface area contributed by atoms with E-state index in [1.54, 1.807) is 12.1 Å². The summed E-state index contributed by atoms with van der Waals surface area (Å²) in [5, 5.41) is 6.04. The number of carbonyl (C=O) groups excluding carboxylic acids is 1. The van der Waals surface area contributed by atoms with Gasteiger partial charge in [0.15, 0.2) is 0 Å². The van der Waals surface area contributed by atoms with E-state index < -0.39 is 10.0 Å². The van der Waals surface area contributed by atoms with E-state index in [0.29, 0.717) is 18.0 Å². The topological polar surface area (TPSA) is 87.3 Å². The molecular weight excluding hydrogens is 290 g/mol. The van der Waals surface area contributed by atoms with Crippen molar-refractivity contribution in [1.82, 2.24) is 10.0 Å². The predicted octanol–water partition coefficient (Wildman–Crippen LogP) is 0.923. The molecule has 1 aliphatic rings. The zero-order chi connectivity index (χ0) is 15.3. The molecule has 0 aliphatic carbocycles. The summed E-state index contributed by atoms with van der Waals surface area (Å²) in [4.78, 5) is 12.2. The average Bonchev–Trinajstić information content (AvgIpc) is 2.48. The van der Waals surface area contributed by atoms with E-state index in [1.165, 1.54) is 19.2 Å². The number of hydrogen-bond acceptors (Lipinski definition) is 4. The quantitative estimate of drug-likeness (QED) is 0.755. The molecule has 0 aromatic heterocycles. The molecule has 1 heterocycles. The van der Waals surface area contributed by atoms with Crippen molar-refractivity contribution in [3.8, 4) is 0 Å². The molecule has 0 radical (unpaired) electrons. The number of piperidine rings is 1. The van der Waals surface area contributed by atoms with Gasteiger partial charge in [0.2, 0.25) is 15.9 Å². The predicted molar refractivity (Wildman–Crippen MR) is 81.5 cm³/mol. The Labute approximate surface area is 125 Å². The van der Waals surface area contributed by atoms with Gasteiger partial charge in [-0.1, -0.05) is 6.07 Å². The zero-order valence-corrected chi connectivity index (χ0v) is 12.9. The average molecular weight is 311 g/mol. The molecule has 7 heteroatoms. The maximum atomic E-state index is 12.0. The number of hydrogen-bond donors (Lipinski definition) is 3. The first-order valence-electron chi connectivity index (χ1n) is 7.05. The summed E-state index contributed by atoms with van der Waals surface area (Å²) in [6, 6.07) is 6.26. The first-order chi connectivity index (χ1) is 10.0. The van der Waals surface area contributed by atoms with Crippen molar-refractivity contribution in [2.75, 3.05) is 25.5 Å². The summed E-state index contributed by atoms with van der Waals surface area (Å²) in [6.07, 6.45) is 2.48. The van der Waals surface area contributed by atoms with Gasteiger partial charge in [0.05, 0.1) is 4.90 Å². The van der Waals surface area contributed by atoms with E-state index in [4.69, 9.17) is 0 Å². The summed E-state index contributed by atoms with van der Waals surface area (Å²) in [7, 11) is -2.13. The lowest BCUT2D eigenvalue weighted by Gasteiger charge is -2.21. The Morgan fingerprint density at radius 3 is 2.71 bits per heavy atom. The minimum absolute atomic E-state index is 0.0686. The first kappa shape index (κ1) is 15.9. The number of carbonyl (C=O) groups is 1. The van der Waals surface area contributed by atoms with Crippen molar-refractivity contribution < 1.29 is 13.2 Å². The molecule has 1 saturated heterocycles. The fraction of sp³-hybridized carbons (Fsp3) is 0.500. The molecule has 1 fully saturated rings. The number of amides is 1. The highest BCUT2D eigenvalue weighted by molar-refractivity contribution is 7.89. The molecule has 116 valence electrons. The zero-order valence-electron chi connectivity index (χ0n) is 12.1. The molecule has 2 rings (SSSR count). The van der Waals surface area contributed by atoms with E-state index in [2.05, 4.69) is 15.4 Å². The summed E-state index contributed by atoms with van der Waals surface area (Å²) >= 11 is 0. The van der Waals surface area contributed by atoms with Crippen LogP contribution >= 0.6 is 0 Å². The highest BCUT2D eigenvalue weighted by atomic mass is 32.2. The third-order valence-electron chi connectivity index (χ3n) is 3.63. The van der Waals surface area contributed by atoms with Crippen LogP contribution in [-0.4, -0.2) is 34.5 Å². The molecule has 0 unspecified atom stereocenters. The van der Waals surface area contributed by atoms with Gasteiger partial charge >= 0.3 is 0 Å². The van der Waals surface area contributed by atoms with E-state index in [-0.39, 0.29) is 10.8 Å². The van der Waals surface area contributed by atoms with Gasteiger partial charge < -0.3 is 10.6 Å². The SMILES string of the molecule is CNS(=O)(=O)c1cccc(NC(=O)CC2CCNCC2)c1. The summed E-state index contributed by atoms with van der Waals surface area (Å²) in [5.74, 6) is 0.330. The van der Waals surface area contributed by atoms with Gasteiger partial charge in [-0.05, 0) is 57.1 Å². The van der Waals surface area contributed by atoms with Crippen LogP contribution < -0.4 is 15.4 Å². The van der Waals surface area contributed by atoms with E-state index in [1.807, 2.05) is 0 Å².